The van der Waals surface area contributed by atoms with Gasteiger partial charge in [0.25, 0.3) is 0 Å². The molecule has 86 valence electrons. The molecule has 0 aliphatic carbocycles. The summed E-state index contributed by atoms with van der Waals surface area (Å²) in [7, 11) is -3.54. The normalized spacial score (nSPS) is 12.9. The first kappa shape index (κ1) is 12.5. The van der Waals surface area contributed by atoms with Crippen molar-refractivity contribution in [2.45, 2.75) is 17.9 Å². The van der Waals surface area contributed by atoms with Gasteiger partial charge >= 0.3 is 0 Å². The molecule has 1 aromatic carbocycles. The van der Waals surface area contributed by atoms with Gasteiger partial charge in [-0.3, -0.25) is 0 Å². The van der Waals surface area contributed by atoms with Gasteiger partial charge in [-0.2, -0.15) is 0 Å². The van der Waals surface area contributed by atoms with E-state index >= 15 is 0 Å². The van der Waals surface area contributed by atoms with E-state index in [1.807, 2.05) is 0 Å². The lowest BCUT2D eigenvalue weighted by molar-refractivity contribution is 0.559. The fourth-order valence-electron chi connectivity index (χ4n) is 1.18. The minimum atomic E-state index is -3.54. The zero-order valence-electron chi connectivity index (χ0n) is 8.55. The Morgan fingerprint density at radius 2 is 1.94 bits per heavy atom. The van der Waals surface area contributed by atoms with E-state index in [0.29, 0.717) is 0 Å². The van der Waals surface area contributed by atoms with Crippen LogP contribution in [0.15, 0.2) is 34.2 Å². The summed E-state index contributed by atoms with van der Waals surface area (Å²) < 4.78 is 36.0. The number of sulfone groups is 1. The Labute approximate surface area is 92.7 Å². The van der Waals surface area contributed by atoms with E-state index in [2.05, 4.69) is 4.99 Å². The maximum atomic E-state index is 12.6. The van der Waals surface area contributed by atoms with Crippen molar-refractivity contribution in [3.8, 4) is 0 Å². The fraction of sp³-hybridized carbons (Fsp3) is 0.300. The highest BCUT2D eigenvalue weighted by atomic mass is 32.2. The van der Waals surface area contributed by atoms with E-state index < -0.39 is 21.7 Å². The molecule has 6 heteroatoms. The summed E-state index contributed by atoms with van der Waals surface area (Å²) in [5.74, 6) is -0.800. The minimum absolute atomic E-state index is 0.0156. The minimum Gasteiger partial charge on any atom is -0.224 e. The van der Waals surface area contributed by atoms with Crippen molar-refractivity contribution in [1.82, 2.24) is 0 Å². The molecule has 0 N–H and O–H groups in total. The number of benzene rings is 1. The first-order valence-electron chi connectivity index (χ1n) is 4.51. The number of nitrogens with zero attached hydrogens (tertiary/aromatic N) is 1. The van der Waals surface area contributed by atoms with Gasteiger partial charge in [-0.15, -0.1) is 0 Å². The first-order chi connectivity index (χ1) is 7.45. The second kappa shape index (κ2) is 5.01. The summed E-state index contributed by atoms with van der Waals surface area (Å²) in [6, 6.07) is 3.85. The van der Waals surface area contributed by atoms with Gasteiger partial charge < -0.3 is 0 Å². The van der Waals surface area contributed by atoms with Gasteiger partial charge in [0, 0.05) is 0 Å². The number of isocyanates is 1. The van der Waals surface area contributed by atoms with Crippen LogP contribution in [0.25, 0.3) is 0 Å². The molecule has 0 spiro atoms. The predicted octanol–water partition coefficient (Wildman–Crippen LogP) is 1.32. The molecule has 1 atom stereocenters. The number of hydrogen-bond acceptors (Lipinski definition) is 4. The lowest BCUT2D eigenvalue weighted by atomic mass is 10.3. The van der Waals surface area contributed by atoms with Gasteiger partial charge in [0.2, 0.25) is 6.08 Å². The van der Waals surface area contributed by atoms with Crippen molar-refractivity contribution in [1.29, 1.82) is 0 Å². The molecule has 0 saturated carbocycles. The van der Waals surface area contributed by atoms with E-state index in [1.54, 1.807) is 0 Å². The molecular formula is C10H10FNO3S. The SMILES string of the molecule is CC(CS(=O)(=O)c1ccc(F)cc1)N=C=O. The van der Waals surface area contributed by atoms with E-state index in [-0.39, 0.29) is 10.6 Å². The van der Waals surface area contributed by atoms with Crippen LogP contribution in [0.2, 0.25) is 0 Å². The van der Waals surface area contributed by atoms with Crippen LogP contribution in [-0.4, -0.2) is 26.3 Å². The van der Waals surface area contributed by atoms with Crippen molar-refractivity contribution in [2.24, 2.45) is 4.99 Å². The molecule has 0 saturated heterocycles. The molecule has 0 radical (unpaired) electrons. The van der Waals surface area contributed by atoms with Crippen molar-refractivity contribution in [3.63, 3.8) is 0 Å². The van der Waals surface area contributed by atoms with Gasteiger partial charge in [0.1, 0.15) is 5.82 Å². The van der Waals surface area contributed by atoms with Crippen LogP contribution < -0.4 is 0 Å². The molecule has 4 nitrogen and oxygen atoms in total. The van der Waals surface area contributed by atoms with Crippen LogP contribution in [-0.2, 0) is 14.6 Å². The standard InChI is InChI=1S/C10H10FNO3S/c1-8(12-7-13)6-16(14,15)10-4-2-9(11)3-5-10/h2-5,8H,6H2,1H3. The average molecular weight is 243 g/mol. The van der Waals surface area contributed by atoms with Gasteiger partial charge in [-0.05, 0) is 31.2 Å². The Morgan fingerprint density at radius 1 is 1.38 bits per heavy atom. The van der Waals surface area contributed by atoms with Crippen molar-refractivity contribution in [2.75, 3.05) is 5.75 Å². The van der Waals surface area contributed by atoms with Crippen molar-refractivity contribution in [3.05, 3.63) is 30.1 Å². The van der Waals surface area contributed by atoms with E-state index in [1.165, 1.54) is 25.1 Å². The van der Waals surface area contributed by atoms with Crippen molar-refractivity contribution < 1.29 is 17.6 Å². The molecule has 1 rings (SSSR count). The third kappa shape index (κ3) is 3.25. The summed E-state index contributed by atoms with van der Waals surface area (Å²) in [5, 5.41) is 0. The molecule has 1 aromatic rings. The van der Waals surface area contributed by atoms with E-state index in [4.69, 9.17) is 0 Å². The lowest BCUT2D eigenvalue weighted by Crippen LogP contribution is -2.16. The molecule has 0 aliphatic rings. The second-order valence-corrected chi connectivity index (χ2v) is 5.34. The Morgan fingerprint density at radius 3 is 2.44 bits per heavy atom. The molecular weight excluding hydrogens is 233 g/mol. The van der Waals surface area contributed by atoms with Gasteiger partial charge in [0.05, 0.1) is 16.7 Å². The summed E-state index contributed by atoms with van der Waals surface area (Å²) in [6.07, 6.45) is 1.30. The second-order valence-electron chi connectivity index (χ2n) is 3.30. The van der Waals surface area contributed by atoms with Crippen LogP contribution in [0.5, 0.6) is 0 Å². The molecule has 1 unspecified atom stereocenters. The quantitative estimate of drug-likeness (QED) is 0.455. The molecule has 0 amide bonds. The summed E-state index contributed by atoms with van der Waals surface area (Å²) in [5.41, 5.74) is 0. The average Bonchev–Trinajstić information content (AvgIpc) is 2.17. The fourth-order valence-corrected chi connectivity index (χ4v) is 2.64. The predicted molar refractivity (Wildman–Crippen MR) is 56.0 cm³/mol. The highest BCUT2D eigenvalue weighted by Crippen LogP contribution is 2.13. The zero-order valence-corrected chi connectivity index (χ0v) is 9.37. The number of rotatable bonds is 4. The third-order valence-electron chi connectivity index (χ3n) is 1.91. The number of halogens is 1. The van der Waals surface area contributed by atoms with Crippen LogP contribution in [0.1, 0.15) is 6.92 Å². The highest BCUT2D eigenvalue weighted by molar-refractivity contribution is 7.91. The topological polar surface area (TPSA) is 63.6 Å². The van der Waals surface area contributed by atoms with E-state index in [9.17, 15) is 17.6 Å². The Hall–Kier alpha value is -1.52. The van der Waals surface area contributed by atoms with Gasteiger partial charge in [-0.25, -0.2) is 22.6 Å². The summed E-state index contributed by atoms with van der Waals surface area (Å²) in [4.78, 5) is 13.3. The lowest BCUT2D eigenvalue weighted by Gasteiger charge is -2.06. The summed E-state index contributed by atoms with van der Waals surface area (Å²) >= 11 is 0. The number of aliphatic imine (C=N–C) groups is 1. The molecule has 0 aliphatic heterocycles. The maximum Gasteiger partial charge on any atom is 0.235 e. The van der Waals surface area contributed by atoms with Crippen LogP contribution in [0.4, 0.5) is 4.39 Å². The Bertz CT molecular complexity index is 503. The monoisotopic (exact) mass is 243 g/mol. The van der Waals surface area contributed by atoms with Crippen LogP contribution in [0.3, 0.4) is 0 Å². The maximum absolute atomic E-state index is 12.6. The molecule has 0 fully saturated rings. The van der Waals surface area contributed by atoms with Crippen LogP contribution >= 0.6 is 0 Å². The van der Waals surface area contributed by atoms with E-state index in [0.717, 1.165) is 12.1 Å². The molecule has 16 heavy (non-hydrogen) atoms. The summed E-state index contributed by atoms with van der Waals surface area (Å²) in [6.45, 7) is 1.49. The number of carbonyl (C=O) groups excluding carboxylic acids is 1. The Balaban J connectivity index is 2.94. The smallest absolute Gasteiger partial charge is 0.224 e. The van der Waals surface area contributed by atoms with Crippen molar-refractivity contribution >= 4 is 15.9 Å². The molecule has 0 bridgehead atoms. The number of hydrogen-bond donors (Lipinski definition) is 0. The van der Waals surface area contributed by atoms with Crippen LogP contribution in [0, 0.1) is 5.82 Å². The highest BCUT2D eigenvalue weighted by Gasteiger charge is 2.17. The first-order valence-corrected chi connectivity index (χ1v) is 6.16. The van der Waals surface area contributed by atoms with Gasteiger partial charge in [0.15, 0.2) is 9.84 Å². The molecule has 0 aromatic heterocycles. The largest absolute Gasteiger partial charge is 0.235 e. The Kier molecular flexibility index (Phi) is 3.93. The third-order valence-corrected chi connectivity index (χ3v) is 3.82. The van der Waals surface area contributed by atoms with Gasteiger partial charge in [-0.1, -0.05) is 0 Å². The zero-order chi connectivity index (χ0) is 12.2. The molecule has 0 heterocycles.